The predicted molar refractivity (Wildman–Crippen MR) is 84.4 cm³/mol. The van der Waals surface area contributed by atoms with Gasteiger partial charge in [0, 0.05) is 25.1 Å². The third kappa shape index (κ3) is 4.00. The number of nitrogens with zero attached hydrogens (tertiary/aromatic N) is 2. The zero-order valence-corrected chi connectivity index (χ0v) is 12.9. The van der Waals surface area contributed by atoms with Crippen LogP contribution in [0, 0.1) is 6.92 Å². The molecule has 0 saturated heterocycles. The first-order valence-corrected chi connectivity index (χ1v) is 8.44. The molecule has 0 aromatic carbocycles. The summed E-state index contributed by atoms with van der Waals surface area (Å²) in [5.74, 6) is 4.79. The van der Waals surface area contributed by atoms with Gasteiger partial charge in [0.05, 0.1) is 0 Å². The maximum absolute atomic E-state index is 4.69. The zero-order valence-electron chi connectivity index (χ0n) is 12.1. The molecule has 0 bridgehead atoms. The fraction of sp³-hybridized carbons (Fsp3) is 0.714. The van der Waals surface area contributed by atoms with Crippen molar-refractivity contribution < 1.29 is 0 Å². The molecule has 1 saturated carbocycles. The van der Waals surface area contributed by atoms with Gasteiger partial charge in [0.15, 0.2) is 0 Å². The number of anilines is 2. The smallest absolute Gasteiger partial charge is 0.136 e. The van der Waals surface area contributed by atoms with Gasteiger partial charge in [-0.1, -0.05) is 0 Å². The van der Waals surface area contributed by atoms with Crippen molar-refractivity contribution in [3.63, 3.8) is 0 Å². The summed E-state index contributed by atoms with van der Waals surface area (Å²) in [6.45, 7) is 3.07. The van der Waals surface area contributed by atoms with Gasteiger partial charge in [0.25, 0.3) is 0 Å². The Labute approximate surface area is 120 Å². The monoisotopic (exact) mass is 280 g/mol. The van der Waals surface area contributed by atoms with Gasteiger partial charge in [-0.15, -0.1) is 0 Å². The summed E-state index contributed by atoms with van der Waals surface area (Å²) in [6.07, 6.45) is 7.08. The van der Waals surface area contributed by atoms with Crippen molar-refractivity contribution in [3.05, 3.63) is 11.4 Å². The number of thioether (sulfide) groups is 1. The first kappa shape index (κ1) is 14.4. The van der Waals surface area contributed by atoms with E-state index >= 15 is 0 Å². The van der Waals surface area contributed by atoms with Crippen molar-refractivity contribution >= 4 is 23.4 Å². The summed E-state index contributed by atoms with van der Waals surface area (Å²) < 4.78 is 0. The Kier molecular flexibility index (Phi) is 5.31. The van der Waals surface area contributed by atoms with E-state index in [1.807, 2.05) is 18.8 Å². The topological polar surface area (TPSA) is 49.8 Å². The summed E-state index contributed by atoms with van der Waals surface area (Å²) in [7, 11) is 1.92. The van der Waals surface area contributed by atoms with Crippen molar-refractivity contribution in [2.45, 2.75) is 38.5 Å². The van der Waals surface area contributed by atoms with Crippen LogP contribution in [0.15, 0.2) is 0 Å². The van der Waals surface area contributed by atoms with Crippen LogP contribution in [0.3, 0.4) is 0 Å². The van der Waals surface area contributed by atoms with E-state index in [1.165, 1.54) is 31.4 Å². The average Bonchev–Trinajstić information content (AvgIpc) is 3.24. The zero-order chi connectivity index (χ0) is 13.7. The normalized spacial score (nSPS) is 14.5. The fourth-order valence-electron chi connectivity index (χ4n) is 2.05. The molecule has 5 heteroatoms. The van der Waals surface area contributed by atoms with Crippen LogP contribution in [0.2, 0.25) is 0 Å². The Morgan fingerprint density at radius 3 is 2.58 bits per heavy atom. The predicted octanol–water partition coefficient (Wildman–Crippen LogP) is 3.26. The largest absolute Gasteiger partial charge is 0.373 e. The number of hydrogen-bond acceptors (Lipinski definition) is 5. The van der Waals surface area contributed by atoms with Gasteiger partial charge in [0.2, 0.25) is 0 Å². The summed E-state index contributed by atoms with van der Waals surface area (Å²) in [5.41, 5.74) is 1.12. The molecule has 0 atom stereocenters. The van der Waals surface area contributed by atoms with E-state index in [4.69, 9.17) is 4.98 Å². The minimum atomic E-state index is 0.588. The van der Waals surface area contributed by atoms with Gasteiger partial charge >= 0.3 is 0 Å². The van der Waals surface area contributed by atoms with Crippen LogP contribution in [0.5, 0.6) is 0 Å². The molecule has 0 unspecified atom stereocenters. The van der Waals surface area contributed by atoms with Gasteiger partial charge < -0.3 is 10.6 Å². The second kappa shape index (κ2) is 6.98. The Morgan fingerprint density at radius 2 is 1.95 bits per heavy atom. The van der Waals surface area contributed by atoms with Gasteiger partial charge in [-0.05, 0) is 44.6 Å². The van der Waals surface area contributed by atoms with E-state index in [9.17, 15) is 0 Å². The Balaban J connectivity index is 1.99. The van der Waals surface area contributed by atoms with Crippen LogP contribution >= 0.6 is 11.8 Å². The van der Waals surface area contributed by atoms with Crippen LogP contribution in [-0.2, 0) is 0 Å². The first-order chi connectivity index (χ1) is 9.26. The van der Waals surface area contributed by atoms with Crippen LogP contribution in [0.25, 0.3) is 0 Å². The average molecular weight is 280 g/mol. The van der Waals surface area contributed by atoms with E-state index in [0.717, 1.165) is 29.6 Å². The summed E-state index contributed by atoms with van der Waals surface area (Å²) in [5, 5.41) is 6.64. The molecule has 1 fully saturated rings. The number of unbranched alkanes of at least 4 members (excludes halogenated alkanes) is 1. The van der Waals surface area contributed by atoms with Crippen molar-refractivity contribution in [1.29, 1.82) is 0 Å². The van der Waals surface area contributed by atoms with Crippen LogP contribution in [0.1, 0.15) is 43.0 Å². The standard InChI is InChI=1S/C14H24N4S/c1-10-12(15-2)17-14(11-6-7-11)18-13(10)16-8-4-5-9-19-3/h11H,4-9H2,1-3H3,(H2,15,16,17,18). The van der Waals surface area contributed by atoms with Crippen molar-refractivity contribution in [2.24, 2.45) is 0 Å². The van der Waals surface area contributed by atoms with Crippen molar-refractivity contribution in [1.82, 2.24) is 9.97 Å². The highest BCUT2D eigenvalue weighted by Crippen LogP contribution is 2.39. The lowest BCUT2D eigenvalue weighted by atomic mass is 10.2. The number of hydrogen-bond donors (Lipinski definition) is 2. The lowest BCUT2D eigenvalue weighted by Crippen LogP contribution is -2.10. The van der Waals surface area contributed by atoms with Gasteiger partial charge in [-0.3, -0.25) is 0 Å². The fourth-order valence-corrected chi connectivity index (χ4v) is 2.54. The quantitative estimate of drug-likeness (QED) is 0.716. The van der Waals surface area contributed by atoms with Crippen LogP contribution in [0.4, 0.5) is 11.6 Å². The third-order valence-electron chi connectivity index (χ3n) is 3.41. The molecule has 19 heavy (non-hydrogen) atoms. The molecule has 106 valence electrons. The van der Waals surface area contributed by atoms with Gasteiger partial charge in [-0.2, -0.15) is 11.8 Å². The van der Waals surface area contributed by atoms with E-state index in [-0.39, 0.29) is 0 Å². The summed E-state index contributed by atoms with van der Waals surface area (Å²) in [6, 6.07) is 0. The highest BCUT2D eigenvalue weighted by molar-refractivity contribution is 7.98. The molecule has 1 aromatic heterocycles. The minimum Gasteiger partial charge on any atom is -0.373 e. The lowest BCUT2D eigenvalue weighted by Gasteiger charge is -2.13. The summed E-state index contributed by atoms with van der Waals surface area (Å²) in [4.78, 5) is 9.30. The molecule has 2 N–H and O–H groups in total. The molecule has 4 nitrogen and oxygen atoms in total. The molecule has 1 aromatic rings. The highest BCUT2D eigenvalue weighted by atomic mass is 32.2. The van der Waals surface area contributed by atoms with Gasteiger partial charge in [-0.25, -0.2) is 9.97 Å². The van der Waals surface area contributed by atoms with Crippen LogP contribution < -0.4 is 10.6 Å². The molecule has 0 amide bonds. The highest BCUT2D eigenvalue weighted by Gasteiger charge is 2.28. The number of aromatic nitrogens is 2. The number of rotatable bonds is 8. The number of nitrogens with one attached hydrogen (secondary N) is 2. The molecule has 2 rings (SSSR count). The Morgan fingerprint density at radius 1 is 1.21 bits per heavy atom. The molecule has 0 aliphatic heterocycles. The lowest BCUT2D eigenvalue weighted by molar-refractivity contribution is 0.832. The molecule has 1 heterocycles. The van der Waals surface area contributed by atoms with Crippen molar-refractivity contribution in [2.75, 3.05) is 36.2 Å². The second-order valence-corrected chi connectivity index (χ2v) is 6.04. The maximum Gasteiger partial charge on any atom is 0.136 e. The molecule has 0 spiro atoms. The Bertz CT molecular complexity index is 418. The SMILES string of the molecule is CNc1nc(C2CC2)nc(NCCCCSC)c1C. The molecule has 1 aliphatic carbocycles. The van der Waals surface area contributed by atoms with E-state index in [1.54, 1.807) is 0 Å². The van der Waals surface area contributed by atoms with Crippen molar-refractivity contribution in [3.8, 4) is 0 Å². The molecule has 0 radical (unpaired) electrons. The molecular formula is C14H24N4S. The third-order valence-corrected chi connectivity index (χ3v) is 4.11. The summed E-state index contributed by atoms with van der Waals surface area (Å²) >= 11 is 1.91. The second-order valence-electron chi connectivity index (χ2n) is 5.05. The van der Waals surface area contributed by atoms with E-state index in [2.05, 4.69) is 28.8 Å². The van der Waals surface area contributed by atoms with E-state index in [0.29, 0.717) is 5.92 Å². The van der Waals surface area contributed by atoms with Gasteiger partial charge in [0.1, 0.15) is 17.5 Å². The first-order valence-electron chi connectivity index (χ1n) is 7.05. The van der Waals surface area contributed by atoms with E-state index < -0.39 is 0 Å². The minimum absolute atomic E-state index is 0.588. The molecule has 1 aliphatic rings. The maximum atomic E-state index is 4.69. The molecular weight excluding hydrogens is 256 g/mol. The van der Waals surface area contributed by atoms with Crippen LogP contribution in [-0.4, -0.2) is 35.6 Å². The Hall–Kier alpha value is -0.970.